The van der Waals surface area contributed by atoms with Gasteiger partial charge in [0.2, 0.25) is 15.9 Å². The number of sulfonamides is 1. The molecule has 6 heteroatoms. The van der Waals surface area contributed by atoms with Crippen LogP contribution >= 0.6 is 0 Å². The maximum Gasteiger partial charge on any atom is 0.243 e. The fourth-order valence-electron chi connectivity index (χ4n) is 2.62. The maximum absolute atomic E-state index is 12.3. The normalized spacial score (nSPS) is 12.7. The van der Waals surface area contributed by atoms with Gasteiger partial charge in [0, 0.05) is 6.54 Å². The SMILES string of the molecule is CCCCCNC(=O)[C@H](C)N(c1cc(C)cc(C)c1)S(C)(=O)=O. The molecule has 0 aliphatic heterocycles. The summed E-state index contributed by atoms with van der Waals surface area (Å²) >= 11 is 0. The molecule has 0 heterocycles. The van der Waals surface area contributed by atoms with Crippen molar-refractivity contribution in [3.8, 4) is 0 Å². The minimum atomic E-state index is -3.56. The van der Waals surface area contributed by atoms with Crippen LogP contribution in [0.3, 0.4) is 0 Å². The number of rotatable bonds is 8. The molecule has 0 saturated carbocycles. The van der Waals surface area contributed by atoms with Gasteiger partial charge < -0.3 is 5.32 Å². The van der Waals surface area contributed by atoms with E-state index in [9.17, 15) is 13.2 Å². The highest BCUT2D eigenvalue weighted by Crippen LogP contribution is 2.23. The Hall–Kier alpha value is -1.56. The summed E-state index contributed by atoms with van der Waals surface area (Å²) in [6.45, 7) is 8.10. The molecule has 0 aromatic heterocycles. The molecule has 0 aliphatic rings. The quantitative estimate of drug-likeness (QED) is 0.740. The summed E-state index contributed by atoms with van der Waals surface area (Å²) in [6.07, 6.45) is 4.15. The van der Waals surface area contributed by atoms with Crippen LogP contribution in [-0.2, 0) is 14.8 Å². The number of hydrogen-bond acceptors (Lipinski definition) is 3. The fraction of sp³-hybridized carbons (Fsp3) is 0.588. The Morgan fingerprint density at radius 1 is 1.17 bits per heavy atom. The molecule has 0 unspecified atom stereocenters. The van der Waals surface area contributed by atoms with Crippen LogP contribution in [0.2, 0.25) is 0 Å². The van der Waals surface area contributed by atoms with Crippen LogP contribution in [0.4, 0.5) is 5.69 Å². The number of unbranched alkanes of at least 4 members (excludes halogenated alkanes) is 2. The molecular formula is C17H28N2O3S. The zero-order valence-corrected chi connectivity index (χ0v) is 15.5. The van der Waals surface area contributed by atoms with E-state index in [2.05, 4.69) is 12.2 Å². The number of benzene rings is 1. The first-order valence-electron chi connectivity index (χ1n) is 8.02. The second kappa shape index (κ2) is 8.34. The lowest BCUT2D eigenvalue weighted by molar-refractivity contribution is -0.121. The van der Waals surface area contributed by atoms with E-state index in [-0.39, 0.29) is 5.91 Å². The Labute approximate surface area is 140 Å². The Kier molecular flexibility index (Phi) is 7.06. The van der Waals surface area contributed by atoms with Crippen molar-refractivity contribution in [2.45, 2.75) is 53.0 Å². The molecule has 0 bridgehead atoms. The number of carbonyl (C=O) groups excluding carboxylic acids is 1. The van der Waals surface area contributed by atoms with E-state index in [0.29, 0.717) is 12.2 Å². The van der Waals surface area contributed by atoms with Crippen molar-refractivity contribution >= 4 is 21.6 Å². The molecule has 1 aromatic rings. The first-order valence-corrected chi connectivity index (χ1v) is 9.87. The van der Waals surface area contributed by atoms with Crippen molar-refractivity contribution in [3.05, 3.63) is 29.3 Å². The van der Waals surface area contributed by atoms with E-state index in [0.717, 1.165) is 36.6 Å². The third kappa shape index (κ3) is 5.86. The molecular weight excluding hydrogens is 312 g/mol. The summed E-state index contributed by atoms with van der Waals surface area (Å²) in [5.41, 5.74) is 2.45. The van der Waals surface area contributed by atoms with Crippen LogP contribution < -0.4 is 9.62 Å². The molecule has 0 aliphatic carbocycles. The fourth-order valence-corrected chi connectivity index (χ4v) is 3.78. The number of nitrogens with one attached hydrogen (secondary N) is 1. The van der Waals surface area contributed by atoms with Crippen molar-refractivity contribution in [2.24, 2.45) is 0 Å². The van der Waals surface area contributed by atoms with Crippen molar-refractivity contribution < 1.29 is 13.2 Å². The van der Waals surface area contributed by atoms with Crippen molar-refractivity contribution in [3.63, 3.8) is 0 Å². The molecule has 1 atom stereocenters. The zero-order chi connectivity index (χ0) is 17.6. The summed E-state index contributed by atoms with van der Waals surface area (Å²) in [7, 11) is -3.56. The van der Waals surface area contributed by atoms with Gasteiger partial charge in [-0.05, 0) is 50.5 Å². The summed E-state index contributed by atoms with van der Waals surface area (Å²) in [5, 5.41) is 2.82. The van der Waals surface area contributed by atoms with Gasteiger partial charge in [0.1, 0.15) is 6.04 Å². The number of anilines is 1. The van der Waals surface area contributed by atoms with Gasteiger partial charge in [-0.1, -0.05) is 25.8 Å². The van der Waals surface area contributed by atoms with Gasteiger partial charge in [-0.2, -0.15) is 0 Å². The number of carbonyl (C=O) groups is 1. The highest BCUT2D eigenvalue weighted by Gasteiger charge is 2.29. The molecule has 130 valence electrons. The maximum atomic E-state index is 12.3. The van der Waals surface area contributed by atoms with Crippen molar-refractivity contribution in [1.29, 1.82) is 0 Å². The smallest absolute Gasteiger partial charge is 0.243 e. The van der Waals surface area contributed by atoms with Crippen LogP contribution in [0.1, 0.15) is 44.2 Å². The summed E-state index contributed by atoms with van der Waals surface area (Å²) in [5.74, 6) is -0.273. The molecule has 0 radical (unpaired) electrons. The van der Waals surface area contributed by atoms with Crippen LogP contribution in [0, 0.1) is 13.8 Å². The van der Waals surface area contributed by atoms with Gasteiger partial charge >= 0.3 is 0 Å². The highest BCUT2D eigenvalue weighted by atomic mass is 32.2. The number of aryl methyl sites for hydroxylation is 2. The summed E-state index contributed by atoms with van der Waals surface area (Å²) in [6, 6.07) is 4.76. The predicted molar refractivity (Wildman–Crippen MR) is 95.2 cm³/mol. The lowest BCUT2D eigenvalue weighted by Crippen LogP contribution is -2.48. The first kappa shape index (κ1) is 19.5. The molecule has 1 amide bonds. The Balaban J connectivity index is 3.00. The number of nitrogens with zero attached hydrogens (tertiary/aromatic N) is 1. The largest absolute Gasteiger partial charge is 0.354 e. The second-order valence-electron chi connectivity index (χ2n) is 6.08. The van der Waals surface area contributed by atoms with E-state index < -0.39 is 16.1 Å². The first-order chi connectivity index (χ1) is 10.7. The number of hydrogen-bond donors (Lipinski definition) is 1. The van der Waals surface area contributed by atoms with E-state index >= 15 is 0 Å². The third-order valence-corrected chi connectivity index (χ3v) is 4.87. The summed E-state index contributed by atoms with van der Waals surface area (Å²) in [4.78, 5) is 12.3. The average Bonchev–Trinajstić information content (AvgIpc) is 2.40. The van der Waals surface area contributed by atoms with Gasteiger partial charge in [-0.25, -0.2) is 8.42 Å². The molecule has 23 heavy (non-hydrogen) atoms. The predicted octanol–water partition coefficient (Wildman–Crippen LogP) is 2.76. The van der Waals surface area contributed by atoms with Gasteiger partial charge in [0.25, 0.3) is 0 Å². The summed E-state index contributed by atoms with van der Waals surface area (Å²) < 4.78 is 25.6. The van der Waals surface area contributed by atoms with E-state index in [4.69, 9.17) is 0 Å². The Bertz CT molecular complexity index is 621. The van der Waals surface area contributed by atoms with Gasteiger partial charge in [-0.15, -0.1) is 0 Å². The van der Waals surface area contributed by atoms with Crippen LogP contribution in [0.25, 0.3) is 0 Å². The number of amides is 1. The molecule has 1 N–H and O–H groups in total. The third-order valence-electron chi connectivity index (χ3n) is 3.63. The lowest BCUT2D eigenvalue weighted by atomic mass is 10.1. The van der Waals surface area contributed by atoms with Gasteiger partial charge in [0.05, 0.1) is 11.9 Å². The van der Waals surface area contributed by atoms with Crippen LogP contribution in [-0.4, -0.2) is 33.2 Å². The minimum Gasteiger partial charge on any atom is -0.354 e. The Morgan fingerprint density at radius 2 is 1.74 bits per heavy atom. The molecule has 1 aromatic carbocycles. The molecule has 1 rings (SSSR count). The van der Waals surface area contributed by atoms with Crippen LogP contribution in [0.15, 0.2) is 18.2 Å². The molecule has 0 spiro atoms. The van der Waals surface area contributed by atoms with Crippen molar-refractivity contribution in [1.82, 2.24) is 5.32 Å². The molecule has 5 nitrogen and oxygen atoms in total. The van der Waals surface area contributed by atoms with E-state index in [1.807, 2.05) is 19.9 Å². The monoisotopic (exact) mass is 340 g/mol. The van der Waals surface area contributed by atoms with E-state index in [1.165, 1.54) is 4.31 Å². The van der Waals surface area contributed by atoms with Gasteiger partial charge in [0.15, 0.2) is 0 Å². The zero-order valence-electron chi connectivity index (χ0n) is 14.7. The molecule has 0 saturated heterocycles. The second-order valence-corrected chi connectivity index (χ2v) is 7.94. The standard InChI is InChI=1S/C17H28N2O3S/c1-6-7-8-9-18-17(20)15(4)19(23(5,21)22)16-11-13(2)10-14(3)12-16/h10-12,15H,6-9H2,1-5H3,(H,18,20)/t15-/m0/s1. The molecule has 0 fully saturated rings. The van der Waals surface area contributed by atoms with Crippen LogP contribution in [0.5, 0.6) is 0 Å². The van der Waals surface area contributed by atoms with Gasteiger partial charge in [-0.3, -0.25) is 9.10 Å². The van der Waals surface area contributed by atoms with E-state index in [1.54, 1.807) is 19.1 Å². The average molecular weight is 340 g/mol. The minimum absolute atomic E-state index is 0.273. The topological polar surface area (TPSA) is 66.5 Å². The van der Waals surface area contributed by atoms with Crippen molar-refractivity contribution in [2.75, 3.05) is 17.1 Å². The highest BCUT2D eigenvalue weighted by molar-refractivity contribution is 7.92. The lowest BCUT2D eigenvalue weighted by Gasteiger charge is -2.28. The Morgan fingerprint density at radius 3 is 2.22 bits per heavy atom.